The first-order chi connectivity index (χ1) is 9.74. The zero-order chi connectivity index (χ0) is 13.9. The summed E-state index contributed by atoms with van der Waals surface area (Å²) in [5.41, 5.74) is 6.73. The average Bonchev–Trinajstić information content (AvgIpc) is 2.92. The second kappa shape index (κ2) is 5.54. The molecule has 104 valence electrons. The Morgan fingerprint density at radius 2 is 2.10 bits per heavy atom. The Morgan fingerprint density at radius 1 is 1.35 bits per heavy atom. The number of benzene rings is 1. The molecule has 1 atom stereocenters. The molecule has 1 aliphatic rings. The van der Waals surface area contributed by atoms with E-state index < -0.39 is 6.04 Å². The summed E-state index contributed by atoms with van der Waals surface area (Å²) in [5.74, 6) is 0.776. The fourth-order valence-electron chi connectivity index (χ4n) is 2.38. The SMILES string of the molecule is NC(CC1CCC1)C(=O)c1noc(-c2ccccc2)n1. The van der Waals surface area contributed by atoms with Crippen LogP contribution in [-0.4, -0.2) is 22.0 Å². The van der Waals surface area contributed by atoms with Crippen LogP contribution < -0.4 is 5.73 Å². The van der Waals surface area contributed by atoms with Crippen LogP contribution in [0.25, 0.3) is 11.5 Å². The lowest BCUT2D eigenvalue weighted by Crippen LogP contribution is -2.35. The van der Waals surface area contributed by atoms with Gasteiger partial charge >= 0.3 is 0 Å². The third-order valence-electron chi connectivity index (χ3n) is 3.82. The molecule has 5 nitrogen and oxygen atoms in total. The van der Waals surface area contributed by atoms with Crippen LogP contribution in [0.4, 0.5) is 0 Å². The van der Waals surface area contributed by atoms with Crippen molar-refractivity contribution < 1.29 is 9.32 Å². The number of hydrogen-bond acceptors (Lipinski definition) is 5. The molecule has 2 N–H and O–H groups in total. The van der Waals surface area contributed by atoms with E-state index in [0.29, 0.717) is 18.2 Å². The minimum Gasteiger partial charge on any atom is -0.334 e. The van der Waals surface area contributed by atoms with Crippen molar-refractivity contribution in [3.05, 3.63) is 36.2 Å². The predicted octanol–water partition coefficient (Wildman–Crippen LogP) is 2.44. The highest BCUT2D eigenvalue weighted by atomic mass is 16.5. The molecule has 1 aliphatic carbocycles. The number of carbonyl (C=O) groups is 1. The number of carbonyl (C=O) groups excluding carboxylic acids is 1. The van der Waals surface area contributed by atoms with Gasteiger partial charge in [0.1, 0.15) is 0 Å². The lowest BCUT2D eigenvalue weighted by Gasteiger charge is -2.26. The van der Waals surface area contributed by atoms with Gasteiger partial charge in [0, 0.05) is 5.56 Å². The minimum atomic E-state index is -0.526. The van der Waals surface area contributed by atoms with Gasteiger partial charge in [-0.3, -0.25) is 4.79 Å². The van der Waals surface area contributed by atoms with Crippen molar-refractivity contribution in [3.63, 3.8) is 0 Å². The highest BCUT2D eigenvalue weighted by Gasteiger charge is 2.27. The van der Waals surface area contributed by atoms with Crippen LogP contribution in [0.5, 0.6) is 0 Å². The topological polar surface area (TPSA) is 82.0 Å². The van der Waals surface area contributed by atoms with Crippen molar-refractivity contribution in [3.8, 4) is 11.5 Å². The molecule has 1 fully saturated rings. The van der Waals surface area contributed by atoms with Gasteiger partial charge in [-0.25, -0.2) is 0 Å². The van der Waals surface area contributed by atoms with Gasteiger partial charge in [0.05, 0.1) is 6.04 Å². The number of aromatic nitrogens is 2. The van der Waals surface area contributed by atoms with Crippen molar-refractivity contribution in [2.45, 2.75) is 31.7 Å². The first kappa shape index (κ1) is 13.0. The molecule has 3 rings (SSSR count). The van der Waals surface area contributed by atoms with Gasteiger partial charge in [-0.05, 0) is 24.5 Å². The summed E-state index contributed by atoms with van der Waals surface area (Å²) in [5, 5.41) is 3.75. The molecular formula is C15H17N3O2. The van der Waals surface area contributed by atoms with Gasteiger partial charge in [-0.2, -0.15) is 4.98 Å². The summed E-state index contributed by atoms with van der Waals surface area (Å²) < 4.78 is 5.13. The van der Waals surface area contributed by atoms with Crippen LogP contribution in [0.15, 0.2) is 34.9 Å². The van der Waals surface area contributed by atoms with Crippen molar-refractivity contribution in [2.75, 3.05) is 0 Å². The Morgan fingerprint density at radius 3 is 2.75 bits per heavy atom. The maximum Gasteiger partial charge on any atom is 0.258 e. The van der Waals surface area contributed by atoms with Crippen LogP contribution in [0, 0.1) is 5.92 Å². The lowest BCUT2D eigenvalue weighted by molar-refractivity contribution is 0.0924. The minimum absolute atomic E-state index is 0.0793. The molecule has 20 heavy (non-hydrogen) atoms. The first-order valence-electron chi connectivity index (χ1n) is 6.93. The van der Waals surface area contributed by atoms with E-state index in [0.717, 1.165) is 5.56 Å². The molecule has 1 unspecified atom stereocenters. The number of Topliss-reactive ketones (excluding diaryl/α,β-unsaturated/α-hetero) is 1. The Bertz CT molecular complexity index is 590. The molecule has 5 heteroatoms. The molecule has 0 saturated heterocycles. The van der Waals surface area contributed by atoms with E-state index in [4.69, 9.17) is 10.3 Å². The zero-order valence-corrected chi connectivity index (χ0v) is 11.2. The molecule has 1 aromatic carbocycles. The largest absolute Gasteiger partial charge is 0.334 e. The van der Waals surface area contributed by atoms with Gasteiger partial charge in [0.15, 0.2) is 0 Å². The van der Waals surface area contributed by atoms with Gasteiger partial charge in [-0.15, -0.1) is 0 Å². The Hall–Kier alpha value is -2.01. The standard InChI is InChI=1S/C15H17N3O2/c16-12(9-10-5-4-6-10)13(19)14-17-15(20-18-14)11-7-2-1-3-8-11/h1-3,7-8,10,12H,4-6,9,16H2. The summed E-state index contributed by atoms with van der Waals surface area (Å²) >= 11 is 0. The number of ketones is 1. The van der Waals surface area contributed by atoms with Crippen LogP contribution in [-0.2, 0) is 0 Å². The van der Waals surface area contributed by atoms with Gasteiger partial charge in [-0.1, -0.05) is 42.6 Å². The second-order valence-corrected chi connectivity index (χ2v) is 5.29. The van der Waals surface area contributed by atoms with Gasteiger partial charge in [0.2, 0.25) is 11.6 Å². The molecule has 2 aromatic rings. The van der Waals surface area contributed by atoms with Gasteiger partial charge < -0.3 is 10.3 Å². The maximum atomic E-state index is 12.2. The molecule has 1 heterocycles. The monoisotopic (exact) mass is 271 g/mol. The van der Waals surface area contributed by atoms with E-state index in [-0.39, 0.29) is 11.6 Å². The molecule has 1 aromatic heterocycles. The fourth-order valence-corrected chi connectivity index (χ4v) is 2.38. The summed E-state index contributed by atoms with van der Waals surface area (Å²) in [6.45, 7) is 0. The molecular weight excluding hydrogens is 254 g/mol. The Balaban J connectivity index is 1.71. The molecule has 0 radical (unpaired) electrons. The van der Waals surface area contributed by atoms with Gasteiger partial charge in [0.25, 0.3) is 5.89 Å². The van der Waals surface area contributed by atoms with Crippen molar-refractivity contribution >= 4 is 5.78 Å². The third-order valence-corrected chi connectivity index (χ3v) is 3.82. The zero-order valence-electron chi connectivity index (χ0n) is 11.2. The van der Waals surface area contributed by atoms with Crippen molar-refractivity contribution in [2.24, 2.45) is 11.7 Å². The van der Waals surface area contributed by atoms with Crippen LogP contribution in [0.2, 0.25) is 0 Å². The molecule has 0 spiro atoms. The van der Waals surface area contributed by atoms with E-state index in [1.165, 1.54) is 19.3 Å². The molecule has 1 saturated carbocycles. The van der Waals surface area contributed by atoms with Crippen LogP contribution >= 0.6 is 0 Å². The quantitative estimate of drug-likeness (QED) is 0.844. The Kier molecular flexibility index (Phi) is 3.60. The van der Waals surface area contributed by atoms with Crippen molar-refractivity contribution in [1.29, 1.82) is 0 Å². The number of hydrogen-bond donors (Lipinski definition) is 1. The van der Waals surface area contributed by atoms with Crippen molar-refractivity contribution in [1.82, 2.24) is 10.1 Å². The van der Waals surface area contributed by atoms with E-state index in [1.54, 1.807) is 0 Å². The summed E-state index contributed by atoms with van der Waals surface area (Å²) in [7, 11) is 0. The summed E-state index contributed by atoms with van der Waals surface area (Å²) in [6.07, 6.45) is 4.30. The highest BCUT2D eigenvalue weighted by Crippen LogP contribution is 2.30. The molecule has 0 aliphatic heterocycles. The van der Waals surface area contributed by atoms with E-state index in [1.807, 2.05) is 30.3 Å². The number of rotatable bonds is 5. The van der Waals surface area contributed by atoms with E-state index in [2.05, 4.69) is 10.1 Å². The van der Waals surface area contributed by atoms with E-state index >= 15 is 0 Å². The van der Waals surface area contributed by atoms with Crippen LogP contribution in [0.1, 0.15) is 36.3 Å². The fraction of sp³-hybridized carbons (Fsp3) is 0.400. The average molecular weight is 271 g/mol. The van der Waals surface area contributed by atoms with E-state index in [9.17, 15) is 4.79 Å². The number of nitrogens with two attached hydrogens (primary N) is 1. The smallest absolute Gasteiger partial charge is 0.258 e. The Labute approximate surface area is 117 Å². The predicted molar refractivity (Wildman–Crippen MR) is 74.0 cm³/mol. The second-order valence-electron chi connectivity index (χ2n) is 5.29. The summed E-state index contributed by atoms with van der Waals surface area (Å²) in [6, 6.07) is 8.85. The molecule has 0 bridgehead atoms. The third kappa shape index (κ3) is 2.63. The normalized spacial score (nSPS) is 16.6. The summed E-state index contributed by atoms with van der Waals surface area (Å²) in [4.78, 5) is 16.3. The lowest BCUT2D eigenvalue weighted by atomic mass is 9.80. The number of nitrogens with zero attached hydrogens (tertiary/aromatic N) is 2. The first-order valence-corrected chi connectivity index (χ1v) is 6.93. The molecule has 0 amide bonds. The van der Waals surface area contributed by atoms with Crippen LogP contribution in [0.3, 0.4) is 0 Å². The maximum absolute atomic E-state index is 12.2. The highest BCUT2D eigenvalue weighted by molar-refractivity contribution is 5.96.